The number of benzene rings is 8. The summed E-state index contributed by atoms with van der Waals surface area (Å²) < 4.78 is 58.9. The maximum atomic E-state index is 16.0. The van der Waals surface area contributed by atoms with Gasteiger partial charge in [0.2, 0.25) is 0 Å². The van der Waals surface area contributed by atoms with Crippen LogP contribution in [0.15, 0.2) is 194 Å². The standard InChI is InChI=1S/C50H38O6P2/c51-57(47-28-13-9-23-41(47)39-21-7-11-26-45(39)55-57)49(53-33-35-16-3-1-4-17-35)38-31-30-37-20-15-25-43(44(37)32-38)50(54-34-36-18-5-2-6-19-36)58(52)48-29-14-10-24-42(48)40-22-8-12-27-46(40)56-58/h1-32,49-50H,33-34H2. The molecule has 0 bridgehead atoms. The van der Waals surface area contributed by atoms with Gasteiger partial charge < -0.3 is 18.5 Å². The SMILES string of the molecule is O=P1(C(OCc2ccccc2)c2ccc3cccc(C(OCc4ccccc4)P4(=O)Oc5ccccc5-c5ccccc54)c3c2)Oc2ccccc2-c2ccccc21. The number of rotatable bonds is 10. The molecule has 6 nitrogen and oxygen atoms in total. The first kappa shape index (κ1) is 36.3. The van der Waals surface area contributed by atoms with Gasteiger partial charge in [0, 0.05) is 11.1 Å². The Balaban J connectivity index is 1.15. The van der Waals surface area contributed by atoms with Gasteiger partial charge in [-0.15, -0.1) is 0 Å². The van der Waals surface area contributed by atoms with Crippen molar-refractivity contribution < 1.29 is 27.7 Å². The molecular formula is C50H38O6P2. The van der Waals surface area contributed by atoms with Crippen LogP contribution in [0.5, 0.6) is 11.5 Å². The maximum absolute atomic E-state index is 16.0. The molecule has 4 unspecified atom stereocenters. The second kappa shape index (κ2) is 15.1. The lowest BCUT2D eigenvalue weighted by atomic mass is 10.0. The molecule has 58 heavy (non-hydrogen) atoms. The Morgan fingerprint density at radius 1 is 0.431 bits per heavy atom. The maximum Gasteiger partial charge on any atom is 0.310 e. The molecule has 284 valence electrons. The Morgan fingerprint density at radius 3 is 1.47 bits per heavy atom. The topological polar surface area (TPSA) is 71.1 Å². The van der Waals surface area contributed by atoms with Gasteiger partial charge in [-0.3, -0.25) is 9.13 Å². The Hall–Kier alpha value is -6.00. The summed E-state index contributed by atoms with van der Waals surface area (Å²) in [7, 11) is -7.68. The molecule has 8 aromatic carbocycles. The van der Waals surface area contributed by atoms with E-state index < -0.39 is 26.4 Å². The minimum Gasteiger partial charge on any atom is -0.437 e. The first-order valence-electron chi connectivity index (χ1n) is 19.3. The predicted molar refractivity (Wildman–Crippen MR) is 231 cm³/mol. The lowest BCUT2D eigenvalue weighted by Gasteiger charge is -2.35. The summed E-state index contributed by atoms with van der Waals surface area (Å²) in [5, 5.41) is 2.86. The highest BCUT2D eigenvalue weighted by Crippen LogP contribution is 2.66. The molecule has 0 aromatic heterocycles. The van der Waals surface area contributed by atoms with Gasteiger partial charge in [0.15, 0.2) is 11.7 Å². The van der Waals surface area contributed by atoms with E-state index in [-0.39, 0.29) is 13.2 Å². The van der Waals surface area contributed by atoms with Crippen LogP contribution in [-0.4, -0.2) is 0 Å². The molecule has 0 saturated heterocycles. The highest BCUT2D eigenvalue weighted by molar-refractivity contribution is 7.68. The quantitative estimate of drug-likeness (QED) is 0.128. The van der Waals surface area contributed by atoms with Crippen LogP contribution in [0, 0.1) is 0 Å². The molecule has 0 aliphatic carbocycles. The number of hydrogen-bond donors (Lipinski definition) is 0. The number of hydrogen-bond acceptors (Lipinski definition) is 6. The van der Waals surface area contributed by atoms with Crippen molar-refractivity contribution in [3.63, 3.8) is 0 Å². The number of ether oxygens (including phenoxy) is 2. The first-order valence-corrected chi connectivity index (χ1v) is 22.7. The van der Waals surface area contributed by atoms with Crippen LogP contribution in [-0.2, 0) is 31.8 Å². The van der Waals surface area contributed by atoms with Crippen molar-refractivity contribution in [3.8, 4) is 33.8 Å². The van der Waals surface area contributed by atoms with E-state index >= 15 is 9.13 Å². The smallest absolute Gasteiger partial charge is 0.310 e. The zero-order chi connectivity index (χ0) is 39.1. The summed E-state index contributed by atoms with van der Waals surface area (Å²) in [4.78, 5) is 0. The summed E-state index contributed by atoms with van der Waals surface area (Å²) >= 11 is 0. The summed E-state index contributed by atoms with van der Waals surface area (Å²) in [5.74, 6) is -0.933. The van der Waals surface area contributed by atoms with Crippen molar-refractivity contribution in [1.82, 2.24) is 0 Å². The van der Waals surface area contributed by atoms with E-state index in [0.29, 0.717) is 33.2 Å². The zero-order valence-electron chi connectivity index (χ0n) is 31.4. The molecule has 0 saturated carbocycles. The highest BCUT2D eigenvalue weighted by atomic mass is 31.2. The third-order valence-corrected chi connectivity index (χ3v) is 16.1. The fourth-order valence-electron chi connectivity index (χ4n) is 8.17. The normalized spacial score (nSPS) is 18.7. The lowest BCUT2D eigenvalue weighted by Crippen LogP contribution is -2.24. The second-order valence-corrected chi connectivity index (χ2v) is 19.2. The Bertz CT molecular complexity index is 2900. The molecule has 8 heteroatoms. The van der Waals surface area contributed by atoms with Gasteiger partial charge in [-0.25, -0.2) is 0 Å². The molecule has 0 fully saturated rings. The van der Waals surface area contributed by atoms with E-state index in [9.17, 15) is 0 Å². The van der Waals surface area contributed by atoms with E-state index in [1.54, 1.807) is 0 Å². The van der Waals surface area contributed by atoms with Crippen LogP contribution >= 0.6 is 14.7 Å². The van der Waals surface area contributed by atoms with Crippen molar-refractivity contribution in [2.24, 2.45) is 0 Å². The van der Waals surface area contributed by atoms with Crippen molar-refractivity contribution >= 4 is 36.1 Å². The van der Waals surface area contributed by atoms with Gasteiger partial charge in [0.25, 0.3) is 0 Å². The van der Waals surface area contributed by atoms with Gasteiger partial charge in [-0.1, -0.05) is 164 Å². The molecule has 0 amide bonds. The molecule has 0 radical (unpaired) electrons. The third kappa shape index (κ3) is 6.40. The molecule has 4 atom stereocenters. The fraction of sp³-hybridized carbons (Fsp3) is 0.0800. The van der Waals surface area contributed by atoms with Crippen LogP contribution in [0.2, 0.25) is 0 Å². The molecule has 0 spiro atoms. The Morgan fingerprint density at radius 2 is 0.897 bits per heavy atom. The summed E-state index contributed by atoms with van der Waals surface area (Å²) in [6.07, 6.45) is 0. The van der Waals surface area contributed by atoms with Crippen LogP contribution < -0.4 is 19.7 Å². The lowest BCUT2D eigenvalue weighted by molar-refractivity contribution is 0.0853. The van der Waals surface area contributed by atoms with E-state index in [1.807, 2.05) is 194 Å². The summed E-state index contributed by atoms with van der Waals surface area (Å²) in [5.41, 5.74) is 6.67. The fourth-order valence-corrected chi connectivity index (χ4v) is 13.3. The minimum atomic E-state index is -3.85. The summed E-state index contributed by atoms with van der Waals surface area (Å²) in [6, 6.07) is 62.4. The van der Waals surface area contributed by atoms with Crippen LogP contribution in [0.3, 0.4) is 0 Å². The van der Waals surface area contributed by atoms with Gasteiger partial charge in [0.1, 0.15) is 11.5 Å². The van der Waals surface area contributed by atoms with Gasteiger partial charge in [-0.05, 0) is 74.5 Å². The van der Waals surface area contributed by atoms with Crippen LogP contribution in [0.4, 0.5) is 0 Å². The molecule has 2 aliphatic heterocycles. The monoisotopic (exact) mass is 796 g/mol. The third-order valence-electron chi connectivity index (χ3n) is 10.9. The number of fused-ring (bicyclic) bond motifs is 7. The average molecular weight is 797 g/mol. The van der Waals surface area contributed by atoms with E-state index in [4.69, 9.17) is 18.5 Å². The second-order valence-electron chi connectivity index (χ2n) is 14.5. The predicted octanol–water partition coefficient (Wildman–Crippen LogP) is 12.6. The Labute approximate surface area is 337 Å². The first-order chi connectivity index (χ1) is 28.5. The van der Waals surface area contributed by atoms with E-state index in [2.05, 4.69) is 0 Å². The van der Waals surface area contributed by atoms with Crippen LogP contribution in [0.25, 0.3) is 33.0 Å². The Kier molecular flexibility index (Phi) is 9.44. The minimum absolute atomic E-state index is 0.195. The molecule has 2 heterocycles. The van der Waals surface area contributed by atoms with Gasteiger partial charge in [-0.2, -0.15) is 0 Å². The van der Waals surface area contributed by atoms with Crippen molar-refractivity contribution in [1.29, 1.82) is 0 Å². The van der Waals surface area contributed by atoms with E-state index in [1.165, 1.54) is 0 Å². The zero-order valence-corrected chi connectivity index (χ0v) is 33.2. The highest BCUT2D eigenvalue weighted by Gasteiger charge is 2.47. The largest absolute Gasteiger partial charge is 0.437 e. The van der Waals surface area contributed by atoms with Crippen molar-refractivity contribution in [2.45, 2.75) is 24.9 Å². The van der Waals surface area contributed by atoms with Crippen LogP contribution in [0.1, 0.15) is 33.9 Å². The molecule has 8 aromatic rings. The molecule has 10 rings (SSSR count). The van der Waals surface area contributed by atoms with Crippen molar-refractivity contribution in [3.05, 3.63) is 216 Å². The molecular weight excluding hydrogens is 758 g/mol. The average Bonchev–Trinajstić information content (AvgIpc) is 3.27. The van der Waals surface area contributed by atoms with Crippen molar-refractivity contribution in [2.75, 3.05) is 0 Å². The molecule has 2 aliphatic rings. The molecule has 0 N–H and O–H groups in total. The van der Waals surface area contributed by atoms with E-state index in [0.717, 1.165) is 44.2 Å². The van der Waals surface area contributed by atoms with Gasteiger partial charge in [0.05, 0.1) is 23.8 Å². The summed E-state index contributed by atoms with van der Waals surface area (Å²) in [6.45, 7) is 0.394. The van der Waals surface area contributed by atoms with Gasteiger partial charge >= 0.3 is 14.7 Å². The number of para-hydroxylation sites is 2.